The highest BCUT2D eigenvalue weighted by Crippen LogP contribution is 2.25. The van der Waals surface area contributed by atoms with E-state index >= 15 is 0 Å². The molecule has 0 aliphatic carbocycles. The third kappa shape index (κ3) is 2.13. The highest BCUT2D eigenvalue weighted by atomic mass is 32.1. The number of thiol groups is 1. The number of hydrogen-bond acceptors (Lipinski definition) is 2. The molecule has 3 heteroatoms. The molecule has 1 nitrogen and oxygen atoms in total. The van der Waals surface area contributed by atoms with Crippen LogP contribution in [0.25, 0.3) is 11.1 Å². The summed E-state index contributed by atoms with van der Waals surface area (Å²) in [6.07, 6.45) is 0. The van der Waals surface area contributed by atoms with Crippen LogP contribution in [0.2, 0.25) is 0 Å². The molecule has 0 atom stereocenters. The Morgan fingerprint density at radius 2 is 1.53 bits per heavy atom. The molecule has 0 unspecified atom stereocenters. The first-order valence-corrected chi connectivity index (χ1v) is 4.96. The van der Waals surface area contributed by atoms with Crippen molar-refractivity contribution in [3.8, 4) is 11.1 Å². The first-order chi connectivity index (χ1) is 7.16. The van der Waals surface area contributed by atoms with E-state index in [1.165, 1.54) is 12.1 Å². The van der Waals surface area contributed by atoms with Gasteiger partial charge in [0, 0.05) is 10.6 Å². The van der Waals surface area contributed by atoms with Crippen molar-refractivity contribution < 1.29 is 4.39 Å². The molecule has 76 valence electrons. The molecule has 2 aromatic carbocycles. The minimum Gasteiger partial charge on any atom is -0.398 e. The number of nitrogens with two attached hydrogens (primary N) is 1. The second-order valence-corrected chi connectivity index (χ2v) is 3.76. The summed E-state index contributed by atoms with van der Waals surface area (Å²) in [5, 5.41) is 0. The average molecular weight is 219 g/mol. The van der Waals surface area contributed by atoms with Crippen molar-refractivity contribution in [3.05, 3.63) is 48.3 Å². The summed E-state index contributed by atoms with van der Waals surface area (Å²) < 4.78 is 12.7. The molecule has 0 saturated heterocycles. The van der Waals surface area contributed by atoms with Crippen LogP contribution >= 0.6 is 12.6 Å². The van der Waals surface area contributed by atoms with E-state index in [9.17, 15) is 4.39 Å². The molecule has 0 aliphatic rings. The largest absolute Gasteiger partial charge is 0.398 e. The van der Waals surface area contributed by atoms with Crippen LogP contribution in [0.1, 0.15) is 0 Å². The van der Waals surface area contributed by atoms with Crippen molar-refractivity contribution in [1.29, 1.82) is 0 Å². The molecule has 0 fully saturated rings. The van der Waals surface area contributed by atoms with Gasteiger partial charge in [-0.1, -0.05) is 18.2 Å². The molecule has 0 bridgehead atoms. The molecule has 2 N–H and O–H groups in total. The maximum Gasteiger partial charge on any atom is 0.123 e. The summed E-state index contributed by atoms with van der Waals surface area (Å²) in [6.45, 7) is 0. The molecular formula is C12H10FNS. The van der Waals surface area contributed by atoms with Crippen LogP contribution in [0.5, 0.6) is 0 Å². The van der Waals surface area contributed by atoms with Crippen LogP contribution in [0.15, 0.2) is 47.4 Å². The van der Waals surface area contributed by atoms with E-state index in [0.717, 1.165) is 16.0 Å². The molecule has 0 saturated carbocycles. The minimum atomic E-state index is -0.238. The van der Waals surface area contributed by atoms with Crippen molar-refractivity contribution in [3.63, 3.8) is 0 Å². The summed E-state index contributed by atoms with van der Waals surface area (Å²) in [4.78, 5) is 0.751. The molecular weight excluding hydrogens is 209 g/mol. The van der Waals surface area contributed by atoms with Gasteiger partial charge in [-0.05, 0) is 35.4 Å². The van der Waals surface area contributed by atoms with Gasteiger partial charge in [0.2, 0.25) is 0 Å². The molecule has 2 rings (SSSR count). The quantitative estimate of drug-likeness (QED) is 0.558. The summed E-state index contributed by atoms with van der Waals surface area (Å²) in [6, 6.07) is 11.9. The first kappa shape index (κ1) is 10.1. The second-order valence-electron chi connectivity index (χ2n) is 3.28. The van der Waals surface area contributed by atoms with Gasteiger partial charge in [0.05, 0.1) is 0 Å². The Bertz CT molecular complexity index is 479. The van der Waals surface area contributed by atoms with E-state index in [1.807, 2.05) is 18.2 Å². The third-order valence-corrected chi connectivity index (χ3v) is 2.61. The van der Waals surface area contributed by atoms with Crippen molar-refractivity contribution in [2.24, 2.45) is 0 Å². The van der Waals surface area contributed by atoms with Gasteiger partial charge in [-0.15, -0.1) is 12.6 Å². The predicted octanol–water partition coefficient (Wildman–Crippen LogP) is 3.36. The van der Waals surface area contributed by atoms with E-state index in [4.69, 9.17) is 5.73 Å². The fraction of sp³-hybridized carbons (Fsp3) is 0. The Kier molecular flexibility index (Phi) is 2.64. The molecule has 0 amide bonds. The van der Waals surface area contributed by atoms with Gasteiger partial charge >= 0.3 is 0 Å². The number of benzene rings is 2. The van der Waals surface area contributed by atoms with E-state index in [1.54, 1.807) is 12.1 Å². The lowest BCUT2D eigenvalue weighted by atomic mass is 10.1. The molecule has 0 radical (unpaired) electrons. The number of rotatable bonds is 1. The van der Waals surface area contributed by atoms with E-state index in [-0.39, 0.29) is 5.82 Å². The van der Waals surface area contributed by atoms with Crippen LogP contribution in [0.3, 0.4) is 0 Å². The molecule has 0 aliphatic heterocycles. The van der Waals surface area contributed by atoms with Gasteiger partial charge < -0.3 is 5.73 Å². The number of hydrogen-bond donors (Lipinski definition) is 2. The Morgan fingerprint density at radius 1 is 0.933 bits per heavy atom. The van der Waals surface area contributed by atoms with Gasteiger partial charge in [-0.2, -0.15) is 0 Å². The Labute approximate surface area is 93.1 Å². The van der Waals surface area contributed by atoms with Crippen molar-refractivity contribution in [1.82, 2.24) is 0 Å². The topological polar surface area (TPSA) is 26.0 Å². The summed E-state index contributed by atoms with van der Waals surface area (Å²) in [5.74, 6) is -0.238. The highest BCUT2D eigenvalue weighted by Gasteiger charge is 2.00. The van der Waals surface area contributed by atoms with Crippen molar-refractivity contribution in [2.75, 3.05) is 5.73 Å². The van der Waals surface area contributed by atoms with E-state index in [2.05, 4.69) is 12.6 Å². The lowest BCUT2D eigenvalue weighted by molar-refractivity contribution is 0.628. The van der Waals surface area contributed by atoms with E-state index in [0.29, 0.717) is 5.69 Å². The average Bonchev–Trinajstić information content (AvgIpc) is 2.23. The fourth-order valence-electron chi connectivity index (χ4n) is 1.38. The summed E-state index contributed by atoms with van der Waals surface area (Å²) in [7, 11) is 0. The molecule has 2 aromatic rings. The molecule has 0 spiro atoms. The Morgan fingerprint density at radius 3 is 2.13 bits per heavy atom. The number of anilines is 1. The normalized spacial score (nSPS) is 10.3. The molecule has 0 heterocycles. The molecule has 0 aromatic heterocycles. The Balaban J connectivity index is 2.45. The van der Waals surface area contributed by atoms with Crippen LogP contribution in [-0.4, -0.2) is 0 Å². The monoisotopic (exact) mass is 219 g/mol. The van der Waals surface area contributed by atoms with Crippen LogP contribution < -0.4 is 5.73 Å². The van der Waals surface area contributed by atoms with Crippen molar-refractivity contribution >= 4 is 18.3 Å². The first-order valence-electron chi connectivity index (χ1n) is 4.51. The third-order valence-electron chi connectivity index (χ3n) is 2.21. The second kappa shape index (κ2) is 3.95. The summed E-state index contributed by atoms with van der Waals surface area (Å²) in [5.41, 5.74) is 8.27. The number of nitrogen functional groups attached to an aromatic ring is 1. The smallest absolute Gasteiger partial charge is 0.123 e. The fourth-order valence-corrected chi connectivity index (χ4v) is 1.52. The zero-order valence-corrected chi connectivity index (χ0v) is 8.84. The van der Waals surface area contributed by atoms with Gasteiger partial charge in [-0.3, -0.25) is 0 Å². The lowest BCUT2D eigenvalue weighted by Crippen LogP contribution is -1.87. The number of halogens is 1. The van der Waals surface area contributed by atoms with Crippen LogP contribution in [0.4, 0.5) is 10.1 Å². The van der Waals surface area contributed by atoms with Crippen LogP contribution in [0, 0.1) is 5.82 Å². The maximum absolute atomic E-state index is 12.7. The van der Waals surface area contributed by atoms with Crippen molar-refractivity contribution in [2.45, 2.75) is 4.90 Å². The SMILES string of the molecule is Nc1cc(-c2ccc(F)cc2)ccc1S. The van der Waals surface area contributed by atoms with Gasteiger partial charge in [0.1, 0.15) is 5.82 Å². The zero-order chi connectivity index (χ0) is 10.8. The standard InChI is InChI=1S/C12H10FNS/c13-10-4-1-8(2-5-10)9-3-6-12(15)11(14)7-9/h1-7,15H,14H2. The Hall–Kier alpha value is -1.48. The lowest BCUT2D eigenvalue weighted by Gasteiger charge is -2.04. The minimum absolute atomic E-state index is 0.238. The zero-order valence-electron chi connectivity index (χ0n) is 7.94. The predicted molar refractivity (Wildman–Crippen MR) is 63.5 cm³/mol. The van der Waals surface area contributed by atoms with Gasteiger partial charge in [0.25, 0.3) is 0 Å². The summed E-state index contributed by atoms with van der Waals surface area (Å²) >= 11 is 4.19. The van der Waals surface area contributed by atoms with Gasteiger partial charge in [0.15, 0.2) is 0 Å². The van der Waals surface area contributed by atoms with Gasteiger partial charge in [-0.25, -0.2) is 4.39 Å². The van der Waals surface area contributed by atoms with E-state index < -0.39 is 0 Å². The van der Waals surface area contributed by atoms with Crippen LogP contribution in [-0.2, 0) is 0 Å². The highest BCUT2D eigenvalue weighted by molar-refractivity contribution is 7.80. The molecule has 15 heavy (non-hydrogen) atoms. The maximum atomic E-state index is 12.7.